The van der Waals surface area contributed by atoms with Gasteiger partial charge in [0.15, 0.2) is 5.75 Å². The van der Waals surface area contributed by atoms with E-state index in [9.17, 15) is 9.90 Å². The Morgan fingerprint density at radius 2 is 1.86 bits per heavy atom. The van der Waals surface area contributed by atoms with Gasteiger partial charge >= 0.3 is 0 Å². The highest BCUT2D eigenvalue weighted by molar-refractivity contribution is 6.02. The molecular formula is C18H20N2O2. The average molecular weight is 296 g/mol. The van der Waals surface area contributed by atoms with Gasteiger partial charge in [-0.15, -0.1) is 0 Å². The van der Waals surface area contributed by atoms with Gasteiger partial charge in [-0.2, -0.15) is 0 Å². The SMILES string of the molecule is O=C(c1ccc2cccnc2c1O)N1CC2CCCCC2C1. The second kappa shape index (κ2) is 5.27. The van der Waals surface area contributed by atoms with Crippen molar-refractivity contribution in [1.29, 1.82) is 0 Å². The summed E-state index contributed by atoms with van der Waals surface area (Å²) in [5.74, 6) is 1.26. The quantitative estimate of drug-likeness (QED) is 0.879. The Morgan fingerprint density at radius 1 is 1.14 bits per heavy atom. The third-order valence-electron chi connectivity index (χ3n) is 5.24. The molecule has 1 aliphatic heterocycles. The molecule has 1 N–H and O–H groups in total. The Balaban J connectivity index is 1.64. The zero-order valence-electron chi connectivity index (χ0n) is 12.5. The third-order valence-corrected chi connectivity index (χ3v) is 5.24. The van der Waals surface area contributed by atoms with E-state index in [0.29, 0.717) is 22.9 Å². The van der Waals surface area contributed by atoms with E-state index in [0.717, 1.165) is 18.5 Å². The molecule has 0 radical (unpaired) electrons. The molecule has 1 saturated carbocycles. The zero-order chi connectivity index (χ0) is 15.1. The van der Waals surface area contributed by atoms with E-state index in [1.807, 2.05) is 23.1 Å². The van der Waals surface area contributed by atoms with Crippen molar-refractivity contribution in [3.05, 3.63) is 36.0 Å². The number of nitrogens with zero attached hydrogens (tertiary/aromatic N) is 2. The zero-order valence-corrected chi connectivity index (χ0v) is 12.5. The minimum absolute atomic E-state index is 0.0120. The highest BCUT2D eigenvalue weighted by Crippen LogP contribution is 2.37. The van der Waals surface area contributed by atoms with Gasteiger partial charge in [-0.05, 0) is 36.8 Å². The summed E-state index contributed by atoms with van der Waals surface area (Å²) < 4.78 is 0. The molecule has 0 bridgehead atoms. The van der Waals surface area contributed by atoms with Crippen molar-refractivity contribution in [3.63, 3.8) is 0 Å². The van der Waals surface area contributed by atoms with Gasteiger partial charge in [-0.3, -0.25) is 9.78 Å². The van der Waals surface area contributed by atoms with Crippen LogP contribution in [0.15, 0.2) is 30.5 Å². The summed E-state index contributed by atoms with van der Waals surface area (Å²) in [5.41, 5.74) is 0.884. The lowest BCUT2D eigenvalue weighted by Crippen LogP contribution is -2.29. The summed E-state index contributed by atoms with van der Waals surface area (Å²) in [6, 6.07) is 7.30. The molecule has 0 spiro atoms. The summed E-state index contributed by atoms with van der Waals surface area (Å²) in [6.07, 6.45) is 6.68. The lowest BCUT2D eigenvalue weighted by molar-refractivity contribution is 0.0781. The highest BCUT2D eigenvalue weighted by atomic mass is 16.3. The first-order valence-electron chi connectivity index (χ1n) is 8.10. The van der Waals surface area contributed by atoms with Gasteiger partial charge in [0.05, 0.1) is 5.56 Å². The highest BCUT2D eigenvalue weighted by Gasteiger charge is 2.37. The molecule has 1 amide bonds. The monoisotopic (exact) mass is 296 g/mol. The number of hydrogen-bond acceptors (Lipinski definition) is 3. The topological polar surface area (TPSA) is 53.4 Å². The largest absolute Gasteiger partial charge is 0.505 e. The molecular weight excluding hydrogens is 276 g/mol. The summed E-state index contributed by atoms with van der Waals surface area (Å²) >= 11 is 0. The van der Waals surface area contributed by atoms with Gasteiger partial charge in [-0.25, -0.2) is 0 Å². The Hall–Kier alpha value is -2.10. The molecule has 1 aromatic carbocycles. The van der Waals surface area contributed by atoms with Gasteiger partial charge in [0.25, 0.3) is 5.91 Å². The second-order valence-electron chi connectivity index (χ2n) is 6.55. The molecule has 1 aliphatic carbocycles. The fourth-order valence-corrected chi connectivity index (χ4v) is 4.04. The van der Waals surface area contributed by atoms with Crippen molar-refractivity contribution >= 4 is 16.8 Å². The van der Waals surface area contributed by atoms with Crippen molar-refractivity contribution in [2.75, 3.05) is 13.1 Å². The molecule has 4 nitrogen and oxygen atoms in total. The average Bonchev–Trinajstić information content (AvgIpc) is 2.99. The maximum Gasteiger partial charge on any atom is 0.257 e. The van der Waals surface area contributed by atoms with Crippen LogP contribution in [0.5, 0.6) is 5.75 Å². The number of amides is 1. The van der Waals surface area contributed by atoms with Crippen LogP contribution in [0.4, 0.5) is 0 Å². The molecule has 1 saturated heterocycles. The molecule has 2 aromatic rings. The summed E-state index contributed by atoms with van der Waals surface area (Å²) in [6.45, 7) is 1.67. The van der Waals surface area contributed by atoms with Crippen LogP contribution in [0.1, 0.15) is 36.0 Å². The molecule has 4 rings (SSSR count). The number of phenolic OH excluding ortho intramolecular Hbond substituents is 1. The Morgan fingerprint density at radius 3 is 2.59 bits per heavy atom. The maximum atomic E-state index is 12.8. The van der Waals surface area contributed by atoms with Crippen molar-refractivity contribution in [2.24, 2.45) is 11.8 Å². The number of aromatic hydroxyl groups is 1. The lowest BCUT2D eigenvalue weighted by Gasteiger charge is -2.22. The van der Waals surface area contributed by atoms with Crippen LogP contribution in [0.25, 0.3) is 10.9 Å². The van der Waals surface area contributed by atoms with E-state index < -0.39 is 0 Å². The fourth-order valence-electron chi connectivity index (χ4n) is 4.04. The number of benzene rings is 1. The number of fused-ring (bicyclic) bond motifs is 2. The molecule has 2 heterocycles. The van der Waals surface area contributed by atoms with Crippen molar-refractivity contribution in [2.45, 2.75) is 25.7 Å². The molecule has 2 unspecified atom stereocenters. The Labute approximate surface area is 129 Å². The molecule has 22 heavy (non-hydrogen) atoms. The molecule has 2 fully saturated rings. The maximum absolute atomic E-state index is 12.8. The number of carbonyl (C=O) groups excluding carboxylic acids is 1. The Bertz CT molecular complexity index is 714. The number of hydrogen-bond donors (Lipinski definition) is 1. The molecule has 2 aliphatic rings. The standard InChI is InChI=1S/C18H20N2O2/c21-17-15(8-7-12-6-3-9-19-16(12)17)18(22)20-10-13-4-1-2-5-14(13)11-20/h3,6-9,13-14,21H,1-2,4-5,10-11H2. The van der Waals surface area contributed by atoms with Crippen LogP contribution < -0.4 is 0 Å². The van der Waals surface area contributed by atoms with Crippen LogP contribution in [-0.4, -0.2) is 34.0 Å². The first-order chi connectivity index (χ1) is 10.7. The van der Waals surface area contributed by atoms with Crippen LogP contribution in [-0.2, 0) is 0 Å². The van der Waals surface area contributed by atoms with Crippen LogP contribution in [0, 0.1) is 11.8 Å². The third kappa shape index (κ3) is 2.14. The second-order valence-corrected chi connectivity index (χ2v) is 6.55. The van der Waals surface area contributed by atoms with Gasteiger partial charge in [0.2, 0.25) is 0 Å². The van der Waals surface area contributed by atoms with Crippen LogP contribution >= 0.6 is 0 Å². The van der Waals surface area contributed by atoms with Gasteiger partial charge in [-0.1, -0.05) is 25.0 Å². The number of pyridine rings is 1. The van der Waals surface area contributed by atoms with E-state index in [4.69, 9.17) is 0 Å². The summed E-state index contributed by atoms with van der Waals surface area (Å²) in [7, 11) is 0. The van der Waals surface area contributed by atoms with Crippen LogP contribution in [0.2, 0.25) is 0 Å². The minimum atomic E-state index is -0.0561. The normalized spacial score (nSPS) is 24.5. The van der Waals surface area contributed by atoms with Crippen molar-refractivity contribution in [3.8, 4) is 5.75 Å². The van der Waals surface area contributed by atoms with E-state index in [-0.39, 0.29) is 11.7 Å². The van der Waals surface area contributed by atoms with E-state index in [1.54, 1.807) is 12.3 Å². The van der Waals surface area contributed by atoms with Crippen LogP contribution in [0.3, 0.4) is 0 Å². The molecule has 1 aromatic heterocycles. The Kier molecular flexibility index (Phi) is 3.25. The number of phenols is 1. The van der Waals surface area contributed by atoms with Gasteiger partial charge < -0.3 is 10.0 Å². The number of rotatable bonds is 1. The number of likely N-dealkylation sites (tertiary alicyclic amines) is 1. The predicted octanol–water partition coefficient (Wildman–Crippen LogP) is 3.20. The van der Waals surface area contributed by atoms with Gasteiger partial charge in [0, 0.05) is 24.7 Å². The first-order valence-corrected chi connectivity index (χ1v) is 8.10. The fraction of sp³-hybridized carbons (Fsp3) is 0.444. The minimum Gasteiger partial charge on any atom is -0.505 e. The molecule has 2 atom stereocenters. The van der Waals surface area contributed by atoms with Crippen molar-refractivity contribution < 1.29 is 9.90 Å². The summed E-state index contributed by atoms with van der Waals surface area (Å²) in [4.78, 5) is 18.9. The summed E-state index contributed by atoms with van der Waals surface area (Å²) in [5, 5.41) is 11.3. The number of aromatic nitrogens is 1. The lowest BCUT2D eigenvalue weighted by atomic mass is 9.82. The molecule has 114 valence electrons. The van der Waals surface area contributed by atoms with Gasteiger partial charge in [0.1, 0.15) is 5.52 Å². The smallest absolute Gasteiger partial charge is 0.257 e. The first kappa shape index (κ1) is 13.6. The predicted molar refractivity (Wildman–Crippen MR) is 84.8 cm³/mol. The van der Waals surface area contributed by atoms with E-state index in [1.165, 1.54) is 25.7 Å². The number of carbonyl (C=O) groups is 1. The van der Waals surface area contributed by atoms with E-state index in [2.05, 4.69) is 4.98 Å². The van der Waals surface area contributed by atoms with E-state index >= 15 is 0 Å². The molecule has 4 heteroatoms. The van der Waals surface area contributed by atoms with Crippen molar-refractivity contribution in [1.82, 2.24) is 9.88 Å².